The third-order valence-corrected chi connectivity index (χ3v) is 4.61. The van der Waals surface area contributed by atoms with Crippen LogP contribution in [0.1, 0.15) is 37.8 Å². The molecule has 6 nitrogen and oxygen atoms in total. The molecule has 6 heteroatoms. The number of hydrogen-bond donors (Lipinski definition) is 2. The van der Waals surface area contributed by atoms with E-state index in [9.17, 15) is 5.11 Å². The first-order chi connectivity index (χ1) is 12.9. The van der Waals surface area contributed by atoms with Crippen LogP contribution in [0, 0.1) is 19.3 Å². The van der Waals surface area contributed by atoms with Gasteiger partial charge in [-0.3, -0.25) is 0 Å². The molecule has 1 saturated carbocycles. The first-order valence-electron chi connectivity index (χ1n) is 9.06. The van der Waals surface area contributed by atoms with Gasteiger partial charge >= 0.3 is 0 Å². The molecule has 0 unspecified atom stereocenters. The molecule has 0 aliphatic heterocycles. The third kappa shape index (κ3) is 4.57. The van der Waals surface area contributed by atoms with E-state index in [1.165, 1.54) is 0 Å². The fourth-order valence-electron chi connectivity index (χ4n) is 3.25. The summed E-state index contributed by atoms with van der Waals surface area (Å²) in [6.45, 7) is 6.44. The molecular formula is C21H25N3O3. The van der Waals surface area contributed by atoms with Crippen molar-refractivity contribution in [1.82, 2.24) is 10.2 Å². The molecule has 142 valence electrons. The highest BCUT2D eigenvalue weighted by atomic mass is 16.7. The zero-order chi connectivity index (χ0) is 19.4. The molecule has 2 aromatic rings. The van der Waals surface area contributed by atoms with Gasteiger partial charge in [0.1, 0.15) is 11.6 Å². The SMILES string of the molecule is C#Cc1ccc(-c2nnc(N[C@H]3C[C@@](C)(O)C3)cc2C)c(OCOCC)c1. The first-order valence-corrected chi connectivity index (χ1v) is 9.06. The summed E-state index contributed by atoms with van der Waals surface area (Å²) in [4.78, 5) is 0. The molecule has 1 aromatic heterocycles. The predicted octanol–water partition coefficient (Wildman–Crippen LogP) is 3.13. The van der Waals surface area contributed by atoms with E-state index in [0.717, 1.165) is 22.4 Å². The van der Waals surface area contributed by atoms with Gasteiger partial charge in [-0.15, -0.1) is 16.6 Å². The number of hydrogen-bond acceptors (Lipinski definition) is 6. The lowest BCUT2D eigenvalue weighted by Gasteiger charge is -2.41. The molecule has 0 amide bonds. The maximum atomic E-state index is 9.86. The summed E-state index contributed by atoms with van der Waals surface area (Å²) in [6, 6.07) is 7.73. The Balaban J connectivity index is 1.82. The minimum atomic E-state index is -0.578. The Morgan fingerprint density at radius 2 is 2.11 bits per heavy atom. The normalized spacial score (nSPS) is 21.2. The van der Waals surface area contributed by atoms with E-state index >= 15 is 0 Å². The second-order valence-corrected chi connectivity index (χ2v) is 7.12. The average Bonchev–Trinajstić information content (AvgIpc) is 2.61. The molecule has 2 N–H and O–H groups in total. The van der Waals surface area contributed by atoms with Gasteiger partial charge in [0.25, 0.3) is 0 Å². The van der Waals surface area contributed by atoms with Gasteiger partial charge < -0.3 is 19.9 Å². The number of aryl methyl sites for hydroxylation is 1. The molecule has 1 aliphatic rings. The van der Waals surface area contributed by atoms with Crippen molar-refractivity contribution in [2.24, 2.45) is 0 Å². The minimum absolute atomic E-state index is 0.144. The maximum Gasteiger partial charge on any atom is 0.189 e. The van der Waals surface area contributed by atoms with Gasteiger partial charge in [-0.1, -0.05) is 5.92 Å². The standard InChI is InChI=1S/C21H25N3O3/c1-5-15-7-8-17(18(10-15)27-13-26-6-2)20-14(3)9-19(23-24-20)22-16-11-21(4,25)12-16/h1,7-10,16,25H,6,11-13H2,2-4H3,(H,22,23)/t16-,21+. The van der Waals surface area contributed by atoms with Crippen molar-refractivity contribution in [3.63, 3.8) is 0 Å². The summed E-state index contributed by atoms with van der Waals surface area (Å²) in [7, 11) is 0. The van der Waals surface area contributed by atoms with Crippen molar-refractivity contribution >= 4 is 5.82 Å². The highest BCUT2D eigenvalue weighted by molar-refractivity contribution is 5.71. The summed E-state index contributed by atoms with van der Waals surface area (Å²) < 4.78 is 11.0. The quantitative estimate of drug-likeness (QED) is 0.445. The lowest BCUT2D eigenvalue weighted by molar-refractivity contribution is -0.0235. The molecule has 1 fully saturated rings. The van der Waals surface area contributed by atoms with Crippen LogP contribution in [0.2, 0.25) is 0 Å². The fraction of sp³-hybridized carbons (Fsp3) is 0.429. The summed E-state index contributed by atoms with van der Waals surface area (Å²) >= 11 is 0. The third-order valence-electron chi connectivity index (χ3n) is 4.61. The zero-order valence-corrected chi connectivity index (χ0v) is 16.0. The van der Waals surface area contributed by atoms with Gasteiger partial charge in [0.2, 0.25) is 0 Å². The molecule has 0 saturated heterocycles. The lowest BCUT2D eigenvalue weighted by Crippen LogP contribution is -2.48. The van der Waals surface area contributed by atoms with E-state index in [2.05, 4.69) is 21.4 Å². The van der Waals surface area contributed by atoms with Crippen LogP contribution in [0.4, 0.5) is 5.82 Å². The Morgan fingerprint density at radius 1 is 1.33 bits per heavy atom. The van der Waals surface area contributed by atoms with E-state index in [0.29, 0.717) is 31.0 Å². The summed E-state index contributed by atoms with van der Waals surface area (Å²) in [5.74, 6) is 3.93. The van der Waals surface area contributed by atoms with Crippen LogP contribution in [-0.4, -0.2) is 40.3 Å². The molecule has 0 bridgehead atoms. The van der Waals surface area contributed by atoms with Crippen molar-refractivity contribution in [3.05, 3.63) is 35.4 Å². The molecule has 0 atom stereocenters. The smallest absolute Gasteiger partial charge is 0.189 e. The van der Waals surface area contributed by atoms with E-state index < -0.39 is 5.60 Å². The minimum Gasteiger partial charge on any atom is -0.467 e. The highest BCUT2D eigenvalue weighted by Crippen LogP contribution is 2.35. The number of nitrogens with one attached hydrogen (secondary N) is 1. The molecule has 0 spiro atoms. The number of rotatable bonds is 7. The monoisotopic (exact) mass is 367 g/mol. The Labute approximate surface area is 159 Å². The van der Waals surface area contributed by atoms with Crippen LogP contribution in [0.5, 0.6) is 5.75 Å². The highest BCUT2D eigenvalue weighted by Gasteiger charge is 2.38. The van der Waals surface area contributed by atoms with Gasteiger partial charge in [-0.25, -0.2) is 0 Å². The Morgan fingerprint density at radius 3 is 2.74 bits per heavy atom. The molecular weight excluding hydrogens is 342 g/mol. The van der Waals surface area contributed by atoms with Gasteiger partial charge in [0.15, 0.2) is 6.79 Å². The number of aromatic nitrogens is 2. The Kier molecular flexibility index (Phi) is 5.64. The van der Waals surface area contributed by atoms with Gasteiger partial charge in [-0.2, -0.15) is 0 Å². The topological polar surface area (TPSA) is 76.5 Å². The zero-order valence-electron chi connectivity index (χ0n) is 16.0. The molecule has 0 radical (unpaired) electrons. The van der Waals surface area contributed by atoms with Gasteiger partial charge in [-0.05, 0) is 63.4 Å². The second kappa shape index (κ2) is 7.95. The largest absolute Gasteiger partial charge is 0.467 e. The number of ether oxygens (including phenoxy) is 2. The summed E-state index contributed by atoms with van der Waals surface area (Å²) in [5.41, 5.74) is 2.67. The van der Waals surface area contributed by atoms with Crippen molar-refractivity contribution in [3.8, 4) is 29.4 Å². The summed E-state index contributed by atoms with van der Waals surface area (Å²) in [5, 5.41) is 21.9. The van der Waals surface area contributed by atoms with Crippen LogP contribution in [0.15, 0.2) is 24.3 Å². The first kappa shape index (κ1) is 19.2. The van der Waals surface area contributed by atoms with E-state index in [1.807, 2.05) is 39.0 Å². The molecule has 1 aliphatic carbocycles. The van der Waals surface area contributed by atoms with Gasteiger partial charge in [0.05, 0.1) is 11.3 Å². The average molecular weight is 367 g/mol. The van der Waals surface area contributed by atoms with Crippen molar-refractivity contribution in [1.29, 1.82) is 0 Å². The lowest BCUT2D eigenvalue weighted by atomic mass is 9.77. The number of nitrogens with zero attached hydrogens (tertiary/aromatic N) is 2. The van der Waals surface area contributed by atoms with Crippen molar-refractivity contribution in [2.75, 3.05) is 18.7 Å². The summed E-state index contributed by atoms with van der Waals surface area (Å²) in [6.07, 6.45) is 6.92. The van der Waals surface area contributed by atoms with Crippen LogP contribution < -0.4 is 10.1 Å². The number of terminal acetylenes is 1. The second-order valence-electron chi connectivity index (χ2n) is 7.12. The molecule has 3 rings (SSSR count). The van der Waals surface area contributed by atoms with Gasteiger partial charge in [0, 0.05) is 23.8 Å². The van der Waals surface area contributed by atoms with Crippen LogP contribution in [-0.2, 0) is 4.74 Å². The molecule has 27 heavy (non-hydrogen) atoms. The van der Waals surface area contributed by atoms with E-state index in [1.54, 1.807) is 6.07 Å². The number of benzene rings is 1. The fourth-order valence-corrected chi connectivity index (χ4v) is 3.25. The maximum absolute atomic E-state index is 9.86. The van der Waals surface area contributed by atoms with Crippen molar-refractivity contribution < 1.29 is 14.6 Å². The predicted molar refractivity (Wildman–Crippen MR) is 105 cm³/mol. The van der Waals surface area contributed by atoms with Crippen LogP contribution >= 0.6 is 0 Å². The van der Waals surface area contributed by atoms with E-state index in [4.69, 9.17) is 15.9 Å². The van der Waals surface area contributed by atoms with E-state index in [-0.39, 0.29) is 12.8 Å². The van der Waals surface area contributed by atoms with Crippen molar-refractivity contribution in [2.45, 2.75) is 45.3 Å². The Bertz CT molecular complexity index is 850. The molecule has 1 aromatic carbocycles. The Hall–Kier alpha value is -2.62. The number of anilines is 1. The van der Waals surface area contributed by atoms with Crippen LogP contribution in [0.25, 0.3) is 11.3 Å². The van der Waals surface area contributed by atoms with Crippen LogP contribution in [0.3, 0.4) is 0 Å². The number of aliphatic hydroxyl groups is 1. The molecule has 1 heterocycles.